The van der Waals surface area contributed by atoms with E-state index in [4.69, 9.17) is 16.2 Å². The van der Waals surface area contributed by atoms with Gasteiger partial charge in [0, 0.05) is 30.4 Å². The SMILES string of the molecule is CC(C)(C(N)c1cccnc1N)N1CCOCC1. The van der Waals surface area contributed by atoms with E-state index in [9.17, 15) is 0 Å². The van der Waals surface area contributed by atoms with Crippen LogP contribution >= 0.6 is 0 Å². The molecule has 1 aliphatic heterocycles. The Morgan fingerprint density at radius 3 is 2.67 bits per heavy atom. The minimum absolute atomic E-state index is 0.163. The van der Waals surface area contributed by atoms with Gasteiger partial charge in [-0.3, -0.25) is 4.90 Å². The number of hydrogen-bond donors (Lipinski definition) is 2. The smallest absolute Gasteiger partial charge is 0.128 e. The van der Waals surface area contributed by atoms with Crippen LogP contribution in [0.5, 0.6) is 0 Å². The van der Waals surface area contributed by atoms with Crippen LogP contribution in [0.2, 0.25) is 0 Å². The number of pyridine rings is 1. The zero-order valence-corrected chi connectivity index (χ0v) is 11.1. The fraction of sp³-hybridized carbons (Fsp3) is 0.615. The topological polar surface area (TPSA) is 77.4 Å². The molecule has 0 saturated carbocycles. The molecule has 5 nitrogen and oxygen atoms in total. The maximum atomic E-state index is 6.40. The third kappa shape index (κ3) is 2.48. The molecule has 0 aromatic carbocycles. The monoisotopic (exact) mass is 250 g/mol. The molecular formula is C13H22N4O. The molecule has 5 heteroatoms. The highest BCUT2D eigenvalue weighted by Crippen LogP contribution is 2.31. The molecule has 2 rings (SSSR count). The van der Waals surface area contributed by atoms with Gasteiger partial charge >= 0.3 is 0 Å². The fourth-order valence-electron chi connectivity index (χ4n) is 2.41. The van der Waals surface area contributed by atoms with Gasteiger partial charge in [0.2, 0.25) is 0 Å². The average molecular weight is 250 g/mol. The minimum atomic E-state index is -0.166. The third-order valence-electron chi connectivity index (χ3n) is 3.79. The predicted octanol–water partition coefficient (Wildman–Crippen LogP) is 0.774. The van der Waals surface area contributed by atoms with Crippen LogP contribution in [-0.4, -0.2) is 41.7 Å². The van der Waals surface area contributed by atoms with Crippen molar-refractivity contribution < 1.29 is 4.74 Å². The Labute approximate surface area is 108 Å². The summed E-state index contributed by atoms with van der Waals surface area (Å²) in [5.74, 6) is 0.520. The number of nitrogens with two attached hydrogens (primary N) is 2. The van der Waals surface area contributed by atoms with Crippen molar-refractivity contribution in [2.24, 2.45) is 5.73 Å². The first-order valence-electron chi connectivity index (χ1n) is 6.32. The Bertz CT molecular complexity index is 402. The first-order chi connectivity index (χ1) is 8.53. The minimum Gasteiger partial charge on any atom is -0.383 e. The number of nitrogens with zero attached hydrogens (tertiary/aromatic N) is 2. The lowest BCUT2D eigenvalue weighted by molar-refractivity contribution is -0.0190. The number of morpholine rings is 1. The summed E-state index contributed by atoms with van der Waals surface area (Å²) in [5.41, 5.74) is 13.1. The Morgan fingerprint density at radius 1 is 1.39 bits per heavy atom. The van der Waals surface area contributed by atoms with Crippen molar-refractivity contribution in [3.8, 4) is 0 Å². The molecule has 1 aromatic rings. The first kappa shape index (κ1) is 13.3. The van der Waals surface area contributed by atoms with Crippen molar-refractivity contribution in [1.82, 2.24) is 9.88 Å². The summed E-state index contributed by atoms with van der Waals surface area (Å²) in [6, 6.07) is 3.67. The van der Waals surface area contributed by atoms with Crippen molar-refractivity contribution in [2.45, 2.75) is 25.4 Å². The summed E-state index contributed by atoms with van der Waals surface area (Å²) in [6.07, 6.45) is 1.69. The molecule has 1 aromatic heterocycles. The normalized spacial score (nSPS) is 19.7. The molecule has 1 saturated heterocycles. The van der Waals surface area contributed by atoms with Crippen LogP contribution in [0.3, 0.4) is 0 Å². The van der Waals surface area contributed by atoms with Crippen LogP contribution < -0.4 is 11.5 Å². The van der Waals surface area contributed by atoms with Crippen LogP contribution in [0, 0.1) is 0 Å². The van der Waals surface area contributed by atoms with E-state index in [-0.39, 0.29) is 11.6 Å². The lowest BCUT2D eigenvalue weighted by Gasteiger charge is -2.44. The molecule has 2 heterocycles. The molecule has 1 aliphatic rings. The van der Waals surface area contributed by atoms with E-state index < -0.39 is 0 Å². The van der Waals surface area contributed by atoms with Crippen LogP contribution in [0.25, 0.3) is 0 Å². The molecule has 0 amide bonds. The van der Waals surface area contributed by atoms with Gasteiger partial charge in [-0.05, 0) is 19.9 Å². The number of nitrogen functional groups attached to an aromatic ring is 1. The summed E-state index contributed by atoms with van der Waals surface area (Å²) in [6.45, 7) is 7.63. The molecule has 0 bridgehead atoms. The predicted molar refractivity (Wildman–Crippen MR) is 72.0 cm³/mol. The van der Waals surface area contributed by atoms with Crippen LogP contribution in [0.1, 0.15) is 25.5 Å². The highest BCUT2D eigenvalue weighted by molar-refractivity contribution is 5.42. The second kappa shape index (κ2) is 5.22. The number of aromatic nitrogens is 1. The Kier molecular flexibility index (Phi) is 3.85. The Balaban J connectivity index is 2.20. The summed E-state index contributed by atoms with van der Waals surface area (Å²) in [7, 11) is 0. The van der Waals surface area contributed by atoms with Crippen molar-refractivity contribution in [2.75, 3.05) is 32.0 Å². The second-order valence-corrected chi connectivity index (χ2v) is 5.21. The fourth-order valence-corrected chi connectivity index (χ4v) is 2.41. The molecule has 0 aliphatic carbocycles. The second-order valence-electron chi connectivity index (χ2n) is 5.21. The van der Waals surface area contributed by atoms with Gasteiger partial charge in [0.15, 0.2) is 0 Å². The summed E-state index contributed by atoms with van der Waals surface area (Å²) >= 11 is 0. The van der Waals surface area contributed by atoms with Gasteiger partial charge in [-0.1, -0.05) is 6.07 Å². The van der Waals surface area contributed by atoms with Crippen molar-refractivity contribution in [1.29, 1.82) is 0 Å². The van der Waals surface area contributed by atoms with Gasteiger partial charge in [-0.15, -0.1) is 0 Å². The zero-order chi connectivity index (χ0) is 13.2. The van der Waals surface area contributed by atoms with Crippen LogP contribution in [0.4, 0.5) is 5.82 Å². The number of rotatable bonds is 3. The van der Waals surface area contributed by atoms with Gasteiger partial charge < -0.3 is 16.2 Å². The van der Waals surface area contributed by atoms with Gasteiger partial charge in [0.1, 0.15) is 5.82 Å². The lowest BCUT2D eigenvalue weighted by Crippen LogP contribution is -2.55. The van der Waals surface area contributed by atoms with Crippen molar-refractivity contribution >= 4 is 5.82 Å². The average Bonchev–Trinajstić information content (AvgIpc) is 2.39. The van der Waals surface area contributed by atoms with E-state index >= 15 is 0 Å². The summed E-state index contributed by atoms with van der Waals surface area (Å²) < 4.78 is 5.38. The third-order valence-corrected chi connectivity index (χ3v) is 3.79. The quantitative estimate of drug-likeness (QED) is 0.828. The number of anilines is 1. The van der Waals surface area contributed by atoms with Crippen LogP contribution in [-0.2, 0) is 4.74 Å². The Hall–Kier alpha value is -1.17. The van der Waals surface area contributed by atoms with Crippen molar-refractivity contribution in [3.05, 3.63) is 23.9 Å². The first-order valence-corrected chi connectivity index (χ1v) is 6.32. The number of hydrogen-bond acceptors (Lipinski definition) is 5. The van der Waals surface area contributed by atoms with Gasteiger partial charge in [0.25, 0.3) is 0 Å². The van der Waals surface area contributed by atoms with E-state index in [1.54, 1.807) is 6.20 Å². The highest BCUT2D eigenvalue weighted by atomic mass is 16.5. The summed E-state index contributed by atoms with van der Waals surface area (Å²) in [5, 5.41) is 0. The van der Waals surface area contributed by atoms with Crippen molar-refractivity contribution in [3.63, 3.8) is 0 Å². The van der Waals surface area contributed by atoms with Gasteiger partial charge in [0.05, 0.1) is 19.3 Å². The maximum Gasteiger partial charge on any atom is 0.128 e. The molecule has 1 atom stereocenters. The van der Waals surface area contributed by atoms with Crippen LogP contribution in [0.15, 0.2) is 18.3 Å². The van der Waals surface area contributed by atoms with E-state index in [1.807, 2.05) is 12.1 Å². The van der Waals surface area contributed by atoms with E-state index in [0.717, 1.165) is 31.9 Å². The number of ether oxygens (including phenoxy) is 1. The largest absolute Gasteiger partial charge is 0.383 e. The van der Waals surface area contributed by atoms with E-state index in [2.05, 4.69) is 23.7 Å². The van der Waals surface area contributed by atoms with Gasteiger partial charge in [-0.2, -0.15) is 0 Å². The standard InChI is InChI=1S/C13H22N4O/c1-13(2,17-6-8-18-9-7-17)11(14)10-4-3-5-16-12(10)15/h3-5,11H,6-9,14H2,1-2H3,(H2,15,16). The molecule has 4 N–H and O–H groups in total. The maximum absolute atomic E-state index is 6.40. The molecular weight excluding hydrogens is 228 g/mol. The van der Waals surface area contributed by atoms with E-state index in [0.29, 0.717) is 5.82 Å². The molecule has 1 fully saturated rings. The van der Waals surface area contributed by atoms with E-state index in [1.165, 1.54) is 0 Å². The molecule has 0 spiro atoms. The van der Waals surface area contributed by atoms with Gasteiger partial charge in [-0.25, -0.2) is 4.98 Å². The molecule has 1 unspecified atom stereocenters. The zero-order valence-electron chi connectivity index (χ0n) is 11.1. The molecule has 0 radical (unpaired) electrons. The molecule has 100 valence electrons. The summed E-state index contributed by atoms with van der Waals surface area (Å²) in [4.78, 5) is 6.47. The highest BCUT2D eigenvalue weighted by Gasteiger charge is 2.35. The Morgan fingerprint density at radius 2 is 2.06 bits per heavy atom. The lowest BCUT2D eigenvalue weighted by atomic mass is 9.87. The molecule has 18 heavy (non-hydrogen) atoms.